The van der Waals surface area contributed by atoms with Gasteiger partial charge in [-0.2, -0.15) is 0 Å². The van der Waals surface area contributed by atoms with E-state index in [2.05, 4.69) is 27.9 Å². The summed E-state index contributed by atoms with van der Waals surface area (Å²) in [5.41, 5.74) is 1.48. The summed E-state index contributed by atoms with van der Waals surface area (Å²) < 4.78 is 1.13. The number of carboxylic acids is 1. The highest BCUT2D eigenvalue weighted by Gasteiger charge is 2.38. The zero-order valence-electron chi connectivity index (χ0n) is 12.1. The Balaban J connectivity index is 2.04. The fourth-order valence-corrected chi connectivity index (χ4v) is 3.81. The van der Waals surface area contributed by atoms with E-state index in [-0.39, 0.29) is 17.7 Å². The molecule has 5 heteroatoms. The van der Waals surface area contributed by atoms with E-state index in [1.165, 1.54) is 0 Å². The van der Waals surface area contributed by atoms with Crippen LogP contribution in [0.15, 0.2) is 18.2 Å². The molecule has 1 aliphatic rings. The number of nitrogens with one attached hydrogen (secondary N) is 1. The second kappa shape index (κ2) is 6.77. The predicted molar refractivity (Wildman–Crippen MR) is 90.3 cm³/mol. The molecular formula is C16H20INO3. The zero-order chi connectivity index (χ0) is 15.5. The van der Waals surface area contributed by atoms with E-state index in [0.717, 1.165) is 40.5 Å². The van der Waals surface area contributed by atoms with E-state index in [0.29, 0.717) is 6.42 Å². The Labute approximate surface area is 138 Å². The molecule has 1 amide bonds. The van der Waals surface area contributed by atoms with Gasteiger partial charge in [-0.25, -0.2) is 0 Å². The van der Waals surface area contributed by atoms with Crippen LogP contribution in [0.5, 0.6) is 0 Å². The molecular weight excluding hydrogens is 381 g/mol. The molecule has 0 unspecified atom stereocenters. The van der Waals surface area contributed by atoms with Gasteiger partial charge < -0.3 is 10.4 Å². The Hall–Kier alpha value is -1.11. The third-order valence-corrected chi connectivity index (χ3v) is 4.86. The average molecular weight is 401 g/mol. The lowest BCUT2D eigenvalue weighted by Gasteiger charge is -2.26. The number of carbonyl (C=O) groups is 2. The van der Waals surface area contributed by atoms with Gasteiger partial charge in [0.1, 0.15) is 0 Å². The highest BCUT2D eigenvalue weighted by molar-refractivity contribution is 14.1. The number of rotatable bonds is 5. The molecule has 0 bridgehead atoms. The lowest BCUT2D eigenvalue weighted by Crippen LogP contribution is -2.27. The smallest absolute Gasteiger partial charge is 0.303 e. The molecule has 1 aromatic rings. The van der Waals surface area contributed by atoms with Crippen molar-refractivity contribution in [1.82, 2.24) is 0 Å². The third kappa shape index (κ3) is 4.43. The van der Waals surface area contributed by atoms with Crippen LogP contribution in [-0.4, -0.2) is 17.0 Å². The maximum atomic E-state index is 12.3. The lowest BCUT2D eigenvalue weighted by atomic mass is 9.79. The first-order valence-electron chi connectivity index (χ1n) is 7.18. The number of anilines is 1. The second-order valence-corrected chi connectivity index (χ2v) is 7.21. The SMILES string of the molecule is Cc1cc(I)ccc1NC(=O)CC1(CC(=O)O)CCCC1. The fourth-order valence-electron chi connectivity index (χ4n) is 3.16. The van der Waals surface area contributed by atoms with Gasteiger partial charge in [-0.15, -0.1) is 0 Å². The van der Waals surface area contributed by atoms with Gasteiger partial charge in [0.05, 0.1) is 6.42 Å². The monoisotopic (exact) mass is 401 g/mol. The standard InChI is InChI=1S/C16H20INO3/c1-11-8-12(17)4-5-13(11)18-14(19)9-16(10-15(20)21)6-2-3-7-16/h4-5,8H,2-3,6-7,9-10H2,1H3,(H,18,19)(H,20,21). The van der Waals surface area contributed by atoms with Crippen LogP contribution in [0.2, 0.25) is 0 Å². The number of carboxylic acid groups (broad SMARTS) is 1. The van der Waals surface area contributed by atoms with Gasteiger partial charge in [0.15, 0.2) is 0 Å². The highest BCUT2D eigenvalue weighted by Crippen LogP contribution is 2.44. The van der Waals surface area contributed by atoms with Gasteiger partial charge in [0.25, 0.3) is 0 Å². The molecule has 0 saturated heterocycles. The van der Waals surface area contributed by atoms with Crippen LogP contribution < -0.4 is 5.32 Å². The molecule has 0 spiro atoms. The Morgan fingerprint density at radius 3 is 2.52 bits per heavy atom. The van der Waals surface area contributed by atoms with E-state index in [1.54, 1.807) is 0 Å². The van der Waals surface area contributed by atoms with Crippen LogP contribution in [0.1, 0.15) is 44.1 Å². The topological polar surface area (TPSA) is 66.4 Å². The highest BCUT2D eigenvalue weighted by atomic mass is 127. The Morgan fingerprint density at radius 2 is 1.95 bits per heavy atom. The van der Waals surface area contributed by atoms with Gasteiger partial charge in [0.2, 0.25) is 5.91 Å². The first-order valence-corrected chi connectivity index (χ1v) is 8.26. The number of halogens is 1. The van der Waals surface area contributed by atoms with Crippen molar-refractivity contribution < 1.29 is 14.7 Å². The number of carbonyl (C=O) groups excluding carboxylic acids is 1. The van der Waals surface area contributed by atoms with Crippen LogP contribution in [0.25, 0.3) is 0 Å². The molecule has 0 aliphatic heterocycles. The Kier molecular flexibility index (Phi) is 5.24. The molecule has 0 radical (unpaired) electrons. The van der Waals surface area contributed by atoms with Crippen LogP contribution in [-0.2, 0) is 9.59 Å². The van der Waals surface area contributed by atoms with E-state index in [1.807, 2.05) is 25.1 Å². The fraction of sp³-hybridized carbons (Fsp3) is 0.500. The Bertz CT molecular complexity index is 550. The summed E-state index contributed by atoms with van der Waals surface area (Å²) in [5, 5.41) is 12.0. The van der Waals surface area contributed by atoms with Crippen molar-refractivity contribution in [3.63, 3.8) is 0 Å². The molecule has 4 nitrogen and oxygen atoms in total. The van der Waals surface area contributed by atoms with Crippen LogP contribution in [0.3, 0.4) is 0 Å². The lowest BCUT2D eigenvalue weighted by molar-refractivity contribution is -0.140. The molecule has 114 valence electrons. The third-order valence-electron chi connectivity index (χ3n) is 4.19. The number of aliphatic carboxylic acids is 1. The minimum absolute atomic E-state index is 0.0811. The summed E-state index contributed by atoms with van der Waals surface area (Å²) >= 11 is 2.23. The maximum Gasteiger partial charge on any atom is 0.303 e. The van der Waals surface area contributed by atoms with Crippen molar-refractivity contribution in [2.75, 3.05) is 5.32 Å². The van der Waals surface area contributed by atoms with E-state index in [4.69, 9.17) is 5.11 Å². The van der Waals surface area contributed by atoms with Gasteiger partial charge in [-0.3, -0.25) is 9.59 Å². The minimum Gasteiger partial charge on any atom is -0.481 e. The van der Waals surface area contributed by atoms with Crippen LogP contribution in [0, 0.1) is 15.9 Å². The van der Waals surface area contributed by atoms with E-state index < -0.39 is 5.97 Å². The molecule has 2 N–H and O–H groups in total. The molecule has 21 heavy (non-hydrogen) atoms. The molecule has 1 aromatic carbocycles. The van der Waals surface area contributed by atoms with Gasteiger partial charge in [0, 0.05) is 15.7 Å². The summed E-state index contributed by atoms with van der Waals surface area (Å²) in [5.74, 6) is -0.891. The maximum absolute atomic E-state index is 12.3. The molecule has 1 aliphatic carbocycles. The van der Waals surface area contributed by atoms with Gasteiger partial charge in [-0.1, -0.05) is 12.8 Å². The summed E-state index contributed by atoms with van der Waals surface area (Å²) in [7, 11) is 0. The van der Waals surface area contributed by atoms with E-state index in [9.17, 15) is 9.59 Å². The minimum atomic E-state index is -0.810. The van der Waals surface area contributed by atoms with Crippen molar-refractivity contribution in [2.24, 2.45) is 5.41 Å². The number of hydrogen-bond donors (Lipinski definition) is 2. The van der Waals surface area contributed by atoms with Crippen molar-refractivity contribution >= 4 is 40.2 Å². The summed E-state index contributed by atoms with van der Waals surface area (Å²) in [6.07, 6.45) is 4.08. The zero-order valence-corrected chi connectivity index (χ0v) is 14.3. The summed E-state index contributed by atoms with van der Waals surface area (Å²) in [4.78, 5) is 23.3. The number of hydrogen-bond acceptors (Lipinski definition) is 2. The largest absolute Gasteiger partial charge is 0.481 e. The summed E-state index contributed by atoms with van der Waals surface area (Å²) in [6.45, 7) is 1.96. The van der Waals surface area contributed by atoms with Gasteiger partial charge in [-0.05, 0) is 71.5 Å². The number of aryl methyl sites for hydroxylation is 1. The van der Waals surface area contributed by atoms with Crippen molar-refractivity contribution in [2.45, 2.75) is 45.4 Å². The van der Waals surface area contributed by atoms with Crippen LogP contribution in [0.4, 0.5) is 5.69 Å². The second-order valence-electron chi connectivity index (χ2n) is 5.96. The van der Waals surface area contributed by atoms with Crippen LogP contribution >= 0.6 is 22.6 Å². The first-order chi connectivity index (χ1) is 9.90. The molecule has 0 heterocycles. The van der Waals surface area contributed by atoms with Crippen molar-refractivity contribution in [1.29, 1.82) is 0 Å². The molecule has 1 fully saturated rings. The Morgan fingerprint density at radius 1 is 1.29 bits per heavy atom. The number of amides is 1. The average Bonchev–Trinajstić information content (AvgIpc) is 2.80. The van der Waals surface area contributed by atoms with Crippen molar-refractivity contribution in [3.05, 3.63) is 27.3 Å². The predicted octanol–water partition coefficient (Wildman–Crippen LogP) is 3.96. The van der Waals surface area contributed by atoms with Gasteiger partial charge >= 0.3 is 5.97 Å². The first kappa shape index (κ1) is 16.3. The molecule has 0 atom stereocenters. The molecule has 0 aromatic heterocycles. The van der Waals surface area contributed by atoms with E-state index >= 15 is 0 Å². The van der Waals surface area contributed by atoms with Crippen molar-refractivity contribution in [3.8, 4) is 0 Å². The molecule has 2 rings (SSSR count). The molecule has 1 saturated carbocycles. The number of benzene rings is 1. The quantitative estimate of drug-likeness (QED) is 0.734. The summed E-state index contributed by atoms with van der Waals surface area (Å²) in [6, 6.07) is 5.86. The normalized spacial score (nSPS) is 16.7.